The Morgan fingerprint density at radius 2 is 2.20 bits per heavy atom. The van der Waals surface area contributed by atoms with Gasteiger partial charge in [0.05, 0.1) is 19.2 Å². The predicted molar refractivity (Wildman–Crippen MR) is 77.0 cm³/mol. The SMILES string of the molecule is N[C@@H](CC(=O)O)C(=O)O[C@H]1C[C@H](n2cc(F)c(=O)[nH]c2=O)O[C@@H]1CO. The van der Waals surface area contributed by atoms with Crippen LogP contribution < -0.4 is 17.0 Å². The highest BCUT2D eigenvalue weighted by molar-refractivity contribution is 5.81. The molecular formula is C13H16FN3O8. The van der Waals surface area contributed by atoms with Crippen LogP contribution >= 0.6 is 0 Å². The summed E-state index contributed by atoms with van der Waals surface area (Å²) in [5, 5.41) is 17.9. The zero-order valence-corrected chi connectivity index (χ0v) is 12.8. The van der Waals surface area contributed by atoms with E-state index in [1.807, 2.05) is 0 Å². The summed E-state index contributed by atoms with van der Waals surface area (Å²) in [5.74, 6) is -3.53. The molecule has 0 saturated carbocycles. The van der Waals surface area contributed by atoms with Crippen molar-refractivity contribution < 1.29 is 33.7 Å². The lowest BCUT2D eigenvalue weighted by atomic mass is 10.1. The zero-order valence-electron chi connectivity index (χ0n) is 12.8. The highest BCUT2D eigenvalue weighted by Gasteiger charge is 2.40. The van der Waals surface area contributed by atoms with Crippen molar-refractivity contribution in [3.05, 3.63) is 32.9 Å². The fourth-order valence-corrected chi connectivity index (χ4v) is 2.34. The van der Waals surface area contributed by atoms with Gasteiger partial charge in [0.1, 0.15) is 24.5 Å². The molecule has 0 radical (unpaired) electrons. The Balaban J connectivity index is 2.14. The molecule has 1 aliphatic heterocycles. The smallest absolute Gasteiger partial charge is 0.330 e. The number of aliphatic hydroxyl groups is 1. The van der Waals surface area contributed by atoms with Crippen molar-refractivity contribution in [1.82, 2.24) is 9.55 Å². The molecule has 4 atom stereocenters. The number of hydrogen-bond donors (Lipinski definition) is 4. The first kappa shape index (κ1) is 18.8. The van der Waals surface area contributed by atoms with E-state index in [1.165, 1.54) is 0 Å². The molecule has 0 aromatic carbocycles. The summed E-state index contributed by atoms with van der Waals surface area (Å²) >= 11 is 0. The molecule has 2 rings (SSSR count). The average molecular weight is 361 g/mol. The first-order valence-electron chi connectivity index (χ1n) is 7.18. The third-order valence-electron chi connectivity index (χ3n) is 3.56. The lowest BCUT2D eigenvalue weighted by Gasteiger charge is -2.18. The average Bonchev–Trinajstić information content (AvgIpc) is 2.92. The third-order valence-corrected chi connectivity index (χ3v) is 3.56. The maximum absolute atomic E-state index is 13.4. The van der Waals surface area contributed by atoms with Crippen LogP contribution in [0.2, 0.25) is 0 Å². The fraction of sp³-hybridized carbons (Fsp3) is 0.538. The second-order valence-corrected chi connectivity index (χ2v) is 5.37. The van der Waals surface area contributed by atoms with Crippen LogP contribution in [0.4, 0.5) is 4.39 Å². The van der Waals surface area contributed by atoms with E-state index in [4.69, 9.17) is 20.3 Å². The van der Waals surface area contributed by atoms with Crippen LogP contribution in [0.1, 0.15) is 19.1 Å². The predicted octanol–water partition coefficient (Wildman–Crippen LogP) is -2.33. The van der Waals surface area contributed by atoms with Crippen molar-refractivity contribution in [3.8, 4) is 0 Å². The maximum Gasteiger partial charge on any atom is 0.330 e. The van der Waals surface area contributed by atoms with Gasteiger partial charge in [-0.3, -0.25) is 23.9 Å². The van der Waals surface area contributed by atoms with Gasteiger partial charge in [-0.25, -0.2) is 4.79 Å². The van der Waals surface area contributed by atoms with E-state index >= 15 is 0 Å². The zero-order chi connectivity index (χ0) is 18.7. The fourth-order valence-electron chi connectivity index (χ4n) is 2.34. The Labute approximate surface area is 138 Å². The Hall–Kier alpha value is -2.57. The summed E-state index contributed by atoms with van der Waals surface area (Å²) in [4.78, 5) is 46.9. The number of carbonyl (C=O) groups excluding carboxylic acids is 1. The molecule has 5 N–H and O–H groups in total. The Bertz CT molecular complexity index is 775. The summed E-state index contributed by atoms with van der Waals surface area (Å²) < 4.78 is 24.5. The Morgan fingerprint density at radius 1 is 1.52 bits per heavy atom. The van der Waals surface area contributed by atoms with Crippen LogP contribution in [-0.4, -0.2) is 56.6 Å². The number of carbonyl (C=O) groups is 2. The molecule has 1 aromatic rings. The first-order valence-corrected chi connectivity index (χ1v) is 7.18. The molecule has 1 fully saturated rings. The van der Waals surface area contributed by atoms with E-state index in [9.17, 15) is 28.7 Å². The summed E-state index contributed by atoms with van der Waals surface area (Å²) in [6.45, 7) is -0.580. The van der Waals surface area contributed by atoms with E-state index in [0.717, 1.165) is 4.57 Å². The molecule has 1 aliphatic rings. The minimum absolute atomic E-state index is 0.137. The normalized spacial score (nSPS) is 24.0. The molecule has 0 aliphatic carbocycles. The van der Waals surface area contributed by atoms with Crippen molar-refractivity contribution >= 4 is 11.9 Å². The first-order chi connectivity index (χ1) is 11.7. The molecule has 11 nitrogen and oxygen atoms in total. The second kappa shape index (κ2) is 7.55. The molecule has 0 amide bonds. The van der Waals surface area contributed by atoms with E-state index in [-0.39, 0.29) is 6.42 Å². The highest BCUT2D eigenvalue weighted by Crippen LogP contribution is 2.30. The lowest BCUT2D eigenvalue weighted by Crippen LogP contribution is -2.39. The van der Waals surface area contributed by atoms with Crippen LogP contribution in [0.3, 0.4) is 0 Å². The monoisotopic (exact) mass is 361 g/mol. The molecule has 0 unspecified atom stereocenters. The number of aromatic nitrogens is 2. The van der Waals surface area contributed by atoms with Crippen LogP contribution in [0.15, 0.2) is 15.8 Å². The van der Waals surface area contributed by atoms with Gasteiger partial charge in [0.15, 0.2) is 0 Å². The minimum Gasteiger partial charge on any atom is -0.481 e. The molecule has 1 saturated heterocycles. The van der Waals surface area contributed by atoms with Gasteiger partial charge in [0.2, 0.25) is 5.82 Å². The number of halogens is 1. The summed E-state index contributed by atoms with van der Waals surface area (Å²) in [6.07, 6.45) is -3.32. The molecule has 2 heterocycles. The van der Waals surface area contributed by atoms with Crippen molar-refractivity contribution in [2.24, 2.45) is 5.73 Å². The van der Waals surface area contributed by atoms with Gasteiger partial charge in [-0.2, -0.15) is 4.39 Å². The number of carboxylic acids is 1. The van der Waals surface area contributed by atoms with Gasteiger partial charge in [-0.15, -0.1) is 0 Å². The standard InChI is InChI=1S/C13H16FN3O8/c14-5-3-17(13(23)16-11(5)21)9-2-7(8(4-18)24-9)25-12(22)6(15)1-10(19)20/h3,6-9,18H,1-2,4,15H2,(H,19,20)(H,16,21,23)/t6-,7-,8+,9+/m0/s1. The number of aliphatic hydroxyl groups excluding tert-OH is 1. The summed E-state index contributed by atoms with van der Waals surface area (Å²) in [6, 6.07) is -1.41. The van der Waals surface area contributed by atoms with Gasteiger partial charge < -0.3 is 25.4 Å². The molecule has 0 spiro atoms. The molecule has 0 bridgehead atoms. The number of esters is 1. The number of aromatic amines is 1. The van der Waals surface area contributed by atoms with E-state index in [1.54, 1.807) is 4.98 Å². The molecular weight excluding hydrogens is 345 g/mol. The molecule has 138 valence electrons. The van der Waals surface area contributed by atoms with Gasteiger partial charge >= 0.3 is 17.6 Å². The Kier molecular flexibility index (Phi) is 5.66. The summed E-state index contributed by atoms with van der Waals surface area (Å²) in [7, 11) is 0. The van der Waals surface area contributed by atoms with Crippen LogP contribution in [0, 0.1) is 5.82 Å². The van der Waals surface area contributed by atoms with E-state index in [0.29, 0.717) is 6.20 Å². The molecule has 12 heteroatoms. The van der Waals surface area contributed by atoms with E-state index in [2.05, 4.69) is 0 Å². The lowest BCUT2D eigenvalue weighted by molar-refractivity contribution is -0.157. The van der Waals surface area contributed by atoms with Gasteiger partial charge in [0, 0.05) is 6.42 Å². The number of nitrogens with one attached hydrogen (secondary N) is 1. The number of rotatable bonds is 6. The van der Waals surface area contributed by atoms with Gasteiger partial charge in [-0.1, -0.05) is 0 Å². The van der Waals surface area contributed by atoms with E-state index < -0.39 is 66.5 Å². The quantitative estimate of drug-likeness (QED) is 0.405. The summed E-state index contributed by atoms with van der Waals surface area (Å²) in [5.41, 5.74) is 3.25. The minimum atomic E-state index is -1.41. The number of ether oxygens (including phenoxy) is 2. The van der Waals surface area contributed by atoms with Crippen LogP contribution in [0.5, 0.6) is 0 Å². The molecule has 25 heavy (non-hydrogen) atoms. The number of carboxylic acid groups (broad SMARTS) is 1. The number of nitrogens with two attached hydrogens (primary N) is 1. The highest BCUT2D eigenvalue weighted by atomic mass is 19.1. The van der Waals surface area contributed by atoms with Crippen molar-refractivity contribution in [3.63, 3.8) is 0 Å². The maximum atomic E-state index is 13.4. The number of H-pyrrole nitrogens is 1. The van der Waals surface area contributed by atoms with Crippen molar-refractivity contribution in [2.45, 2.75) is 37.3 Å². The molecule has 1 aromatic heterocycles. The Morgan fingerprint density at radius 3 is 2.80 bits per heavy atom. The van der Waals surface area contributed by atoms with Crippen LogP contribution in [-0.2, 0) is 19.1 Å². The van der Waals surface area contributed by atoms with Crippen molar-refractivity contribution in [2.75, 3.05) is 6.61 Å². The van der Waals surface area contributed by atoms with Crippen LogP contribution in [0.25, 0.3) is 0 Å². The topological polar surface area (TPSA) is 174 Å². The second-order valence-electron chi connectivity index (χ2n) is 5.37. The third kappa shape index (κ3) is 4.29. The van der Waals surface area contributed by atoms with Gasteiger partial charge in [-0.05, 0) is 0 Å². The number of nitrogens with zero attached hydrogens (tertiary/aromatic N) is 1. The van der Waals surface area contributed by atoms with Gasteiger partial charge in [0.25, 0.3) is 5.56 Å². The largest absolute Gasteiger partial charge is 0.481 e. The number of aliphatic carboxylic acids is 1. The number of hydrogen-bond acceptors (Lipinski definition) is 8. The van der Waals surface area contributed by atoms with Crippen molar-refractivity contribution in [1.29, 1.82) is 0 Å².